The Kier molecular flexibility index (Phi) is 3.94. The molecule has 2 heteroatoms. The Labute approximate surface area is 110 Å². The highest BCUT2D eigenvalue weighted by atomic mass is 32.1. The third-order valence-corrected chi connectivity index (χ3v) is 4.84. The zero-order valence-corrected chi connectivity index (χ0v) is 12.4. The number of hydrogen-bond donors (Lipinski definition) is 1. The Morgan fingerprint density at radius 2 is 2.12 bits per heavy atom. The smallest absolute Gasteiger partial charge is 0.0218 e. The lowest BCUT2D eigenvalue weighted by atomic mass is 9.70. The molecule has 17 heavy (non-hydrogen) atoms. The highest BCUT2D eigenvalue weighted by molar-refractivity contribution is 7.08. The van der Waals surface area contributed by atoms with Crippen LogP contribution in [-0.2, 0) is 6.54 Å². The quantitative estimate of drug-likeness (QED) is 0.841. The summed E-state index contributed by atoms with van der Waals surface area (Å²) in [5.41, 5.74) is 3.43. The molecule has 0 aromatic carbocycles. The van der Waals surface area contributed by atoms with Crippen molar-refractivity contribution >= 4 is 11.3 Å². The standard InChI is InChI=1S/C15H25NS/c1-11-5-14(7-15(3,4)6-11)16-8-13-10-17-9-12(13)2/h9-11,14,16H,5-8H2,1-4H3. The van der Waals surface area contributed by atoms with Crippen LogP contribution in [0.15, 0.2) is 10.8 Å². The molecule has 1 aliphatic carbocycles. The number of aryl methyl sites for hydroxylation is 1. The molecule has 0 amide bonds. The molecular formula is C15H25NS. The van der Waals surface area contributed by atoms with E-state index in [9.17, 15) is 0 Å². The summed E-state index contributed by atoms with van der Waals surface area (Å²) in [6.45, 7) is 10.5. The molecule has 0 bridgehead atoms. The van der Waals surface area contributed by atoms with Crippen LogP contribution in [0.4, 0.5) is 0 Å². The third kappa shape index (κ3) is 3.56. The van der Waals surface area contributed by atoms with Gasteiger partial charge in [-0.1, -0.05) is 20.8 Å². The number of nitrogens with one attached hydrogen (secondary N) is 1. The molecule has 1 N–H and O–H groups in total. The van der Waals surface area contributed by atoms with Crippen LogP contribution < -0.4 is 5.32 Å². The summed E-state index contributed by atoms with van der Waals surface area (Å²) in [5, 5.41) is 8.28. The minimum absolute atomic E-state index is 0.513. The molecule has 96 valence electrons. The van der Waals surface area contributed by atoms with Crippen LogP contribution in [-0.4, -0.2) is 6.04 Å². The van der Waals surface area contributed by atoms with Gasteiger partial charge >= 0.3 is 0 Å². The van der Waals surface area contributed by atoms with Gasteiger partial charge in [-0.25, -0.2) is 0 Å². The highest BCUT2D eigenvalue weighted by Gasteiger charge is 2.31. The SMILES string of the molecule is Cc1cscc1CNC1CC(C)CC(C)(C)C1. The minimum atomic E-state index is 0.513. The van der Waals surface area contributed by atoms with E-state index in [1.165, 1.54) is 30.4 Å². The lowest BCUT2D eigenvalue weighted by Gasteiger charge is -2.39. The lowest BCUT2D eigenvalue weighted by Crippen LogP contribution is -2.39. The summed E-state index contributed by atoms with van der Waals surface area (Å²) in [4.78, 5) is 0. The van der Waals surface area contributed by atoms with Gasteiger partial charge in [0.2, 0.25) is 0 Å². The van der Waals surface area contributed by atoms with E-state index in [1.54, 1.807) is 0 Å². The molecule has 1 heterocycles. The zero-order valence-electron chi connectivity index (χ0n) is 11.5. The van der Waals surface area contributed by atoms with Crippen molar-refractivity contribution in [1.82, 2.24) is 5.32 Å². The van der Waals surface area contributed by atoms with Crippen molar-refractivity contribution in [3.05, 3.63) is 21.9 Å². The van der Waals surface area contributed by atoms with Gasteiger partial charge in [-0.15, -0.1) is 0 Å². The van der Waals surface area contributed by atoms with Crippen molar-refractivity contribution in [2.24, 2.45) is 11.3 Å². The average molecular weight is 251 g/mol. The van der Waals surface area contributed by atoms with Crippen molar-refractivity contribution in [3.63, 3.8) is 0 Å². The molecule has 1 saturated carbocycles. The molecule has 1 aromatic rings. The minimum Gasteiger partial charge on any atom is -0.310 e. The first-order valence-corrected chi connectivity index (χ1v) is 7.65. The van der Waals surface area contributed by atoms with Crippen molar-refractivity contribution in [2.75, 3.05) is 0 Å². The Hall–Kier alpha value is -0.340. The monoisotopic (exact) mass is 251 g/mol. The maximum absolute atomic E-state index is 3.76. The number of hydrogen-bond acceptors (Lipinski definition) is 2. The fourth-order valence-corrected chi connectivity index (χ4v) is 4.18. The maximum Gasteiger partial charge on any atom is 0.0218 e. The molecule has 1 nitrogen and oxygen atoms in total. The van der Waals surface area contributed by atoms with E-state index in [0.29, 0.717) is 11.5 Å². The first kappa shape index (κ1) is 13.1. The molecule has 1 fully saturated rings. The first-order chi connectivity index (χ1) is 7.96. The van der Waals surface area contributed by atoms with Crippen molar-refractivity contribution in [2.45, 2.75) is 59.5 Å². The van der Waals surface area contributed by atoms with E-state index in [-0.39, 0.29) is 0 Å². The second-order valence-corrected chi connectivity index (χ2v) is 7.31. The fraction of sp³-hybridized carbons (Fsp3) is 0.733. The number of thiophene rings is 1. The van der Waals surface area contributed by atoms with Crippen LogP contribution in [0.3, 0.4) is 0 Å². The predicted molar refractivity (Wildman–Crippen MR) is 76.5 cm³/mol. The molecule has 1 aromatic heterocycles. The topological polar surface area (TPSA) is 12.0 Å². The van der Waals surface area contributed by atoms with Crippen LogP contribution >= 0.6 is 11.3 Å². The van der Waals surface area contributed by atoms with Crippen molar-refractivity contribution in [3.8, 4) is 0 Å². The van der Waals surface area contributed by atoms with E-state index in [2.05, 4.69) is 43.8 Å². The Bertz CT molecular complexity index is 367. The molecule has 0 radical (unpaired) electrons. The summed E-state index contributed by atoms with van der Waals surface area (Å²) in [7, 11) is 0. The van der Waals surface area contributed by atoms with E-state index in [4.69, 9.17) is 0 Å². The molecule has 0 saturated heterocycles. The van der Waals surface area contributed by atoms with Gasteiger partial charge in [-0.2, -0.15) is 11.3 Å². The Morgan fingerprint density at radius 1 is 1.35 bits per heavy atom. The van der Waals surface area contributed by atoms with Crippen LogP contribution in [0.5, 0.6) is 0 Å². The van der Waals surface area contributed by atoms with Gasteiger partial charge in [0.15, 0.2) is 0 Å². The van der Waals surface area contributed by atoms with Gasteiger partial charge < -0.3 is 5.32 Å². The molecule has 2 atom stereocenters. The van der Waals surface area contributed by atoms with Crippen molar-refractivity contribution in [1.29, 1.82) is 0 Å². The summed E-state index contributed by atoms with van der Waals surface area (Å²) < 4.78 is 0. The lowest BCUT2D eigenvalue weighted by molar-refractivity contribution is 0.151. The van der Waals surface area contributed by atoms with E-state index < -0.39 is 0 Å². The normalized spacial score (nSPS) is 28.2. The van der Waals surface area contributed by atoms with Gasteiger partial charge in [-0.05, 0) is 59.4 Å². The molecule has 0 spiro atoms. The summed E-state index contributed by atoms with van der Waals surface area (Å²) in [6, 6.07) is 0.702. The van der Waals surface area contributed by atoms with Crippen LogP contribution in [0, 0.1) is 18.3 Å². The third-order valence-electron chi connectivity index (χ3n) is 3.93. The predicted octanol–water partition coefficient (Wildman–Crippen LogP) is 4.36. The van der Waals surface area contributed by atoms with Gasteiger partial charge in [-0.3, -0.25) is 0 Å². The van der Waals surface area contributed by atoms with Crippen LogP contribution in [0.2, 0.25) is 0 Å². The van der Waals surface area contributed by atoms with E-state index in [1.807, 2.05) is 11.3 Å². The van der Waals surface area contributed by atoms with E-state index >= 15 is 0 Å². The maximum atomic E-state index is 3.76. The molecule has 0 aliphatic heterocycles. The molecule has 1 aliphatic rings. The first-order valence-electron chi connectivity index (χ1n) is 6.71. The van der Waals surface area contributed by atoms with Crippen LogP contribution in [0.25, 0.3) is 0 Å². The molecule has 2 rings (SSSR count). The summed E-state index contributed by atoms with van der Waals surface area (Å²) in [5.74, 6) is 0.861. The van der Waals surface area contributed by atoms with Crippen LogP contribution in [0.1, 0.15) is 51.2 Å². The van der Waals surface area contributed by atoms with Crippen molar-refractivity contribution < 1.29 is 0 Å². The fourth-order valence-electron chi connectivity index (χ4n) is 3.32. The molecular weight excluding hydrogens is 226 g/mol. The summed E-state index contributed by atoms with van der Waals surface area (Å²) >= 11 is 1.81. The Balaban J connectivity index is 1.89. The second kappa shape index (κ2) is 5.11. The van der Waals surface area contributed by atoms with E-state index in [0.717, 1.165) is 12.5 Å². The van der Waals surface area contributed by atoms with Gasteiger partial charge in [0, 0.05) is 12.6 Å². The Morgan fingerprint density at radius 3 is 2.71 bits per heavy atom. The van der Waals surface area contributed by atoms with Gasteiger partial charge in [0.25, 0.3) is 0 Å². The molecule has 2 unspecified atom stereocenters. The summed E-state index contributed by atoms with van der Waals surface area (Å²) in [6.07, 6.45) is 4.04. The highest BCUT2D eigenvalue weighted by Crippen LogP contribution is 2.38. The number of rotatable bonds is 3. The zero-order chi connectivity index (χ0) is 12.5. The van der Waals surface area contributed by atoms with Gasteiger partial charge in [0.1, 0.15) is 0 Å². The van der Waals surface area contributed by atoms with Gasteiger partial charge in [0.05, 0.1) is 0 Å². The second-order valence-electron chi connectivity index (χ2n) is 6.57. The largest absolute Gasteiger partial charge is 0.310 e. The average Bonchev–Trinajstić information content (AvgIpc) is 2.58.